The van der Waals surface area contributed by atoms with Crippen molar-refractivity contribution in [1.29, 1.82) is 0 Å². The van der Waals surface area contributed by atoms with E-state index in [-0.39, 0.29) is 0 Å². The predicted molar refractivity (Wildman–Crippen MR) is 51.6 cm³/mol. The average Bonchev–Trinajstić information content (AvgIpc) is 1.97. The lowest BCUT2D eigenvalue weighted by atomic mass is 10.1. The van der Waals surface area contributed by atoms with Gasteiger partial charge < -0.3 is 0 Å². The highest BCUT2D eigenvalue weighted by Crippen LogP contribution is 2.20. The first kappa shape index (κ1) is 8.36. The summed E-state index contributed by atoms with van der Waals surface area (Å²) in [5, 5.41) is 0. The van der Waals surface area contributed by atoms with Gasteiger partial charge in [-0.2, -0.15) is 0 Å². The Morgan fingerprint density at radius 2 is 1.91 bits per heavy atom. The number of benzene rings is 1. The first-order valence-electron chi connectivity index (χ1n) is 3.38. The fourth-order valence-corrected chi connectivity index (χ4v) is 1.39. The Morgan fingerprint density at radius 3 is 2.45 bits per heavy atom. The maximum Gasteiger partial charge on any atom is 0.0275 e. The van der Waals surface area contributed by atoms with Gasteiger partial charge in [-0.1, -0.05) is 21.9 Å². The first-order chi connectivity index (χ1) is 5.15. The lowest BCUT2D eigenvalue weighted by Crippen LogP contribution is -1.84. The summed E-state index contributed by atoms with van der Waals surface area (Å²) < 4.78 is 1.12. The third-order valence-electron chi connectivity index (χ3n) is 1.66. The first-order valence-corrected chi connectivity index (χ1v) is 4.18. The summed E-state index contributed by atoms with van der Waals surface area (Å²) in [6, 6.07) is 4.06. The van der Waals surface area contributed by atoms with Crippen molar-refractivity contribution in [2.24, 2.45) is 0 Å². The minimum absolute atomic E-state index is 0.978. The van der Waals surface area contributed by atoms with Gasteiger partial charge in [-0.15, -0.1) is 6.42 Å². The van der Waals surface area contributed by atoms with E-state index < -0.39 is 0 Å². The van der Waals surface area contributed by atoms with Crippen molar-refractivity contribution < 1.29 is 0 Å². The van der Waals surface area contributed by atoms with Crippen molar-refractivity contribution in [1.82, 2.24) is 0 Å². The van der Waals surface area contributed by atoms with E-state index in [9.17, 15) is 0 Å². The molecule has 1 aromatic rings. The van der Waals surface area contributed by atoms with Gasteiger partial charge >= 0.3 is 0 Å². The molecular formula is C10H9Br. The summed E-state index contributed by atoms with van der Waals surface area (Å²) in [5.41, 5.74) is 3.30. The van der Waals surface area contributed by atoms with Crippen molar-refractivity contribution >= 4 is 15.9 Å². The van der Waals surface area contributed by atoms with E-state index >= 15 is 0 Å². The molecule has 11 heavy (non-hydrogen) atoms. The lowest BCUT2D eigenvalue weighted by molar-refractivity contribution is 1.34. The average molecular weight is 209 g/mol. The van der Waals surface area contributed by atoms with Crippen LogP contribution in [-0.4, -0.2) is 0 Å². The predicted octanol–water partition coefficient (Wildman–Crippen LogP) is 3.05. The summed E-state index contributed by atoms with van der Waals surface area (Å²) in [6.07, 6.45) is 5.30. The van der Waals surface area contributed by atoms with Gasteiger partial charge in [0.2, 0.25) is 0 Å². The minimum Gasteiger partial charge on any atom is -0.115 e. The summed E-state index contributed by atoms with van der Waals surface area (Å²) >= 11 is 3.44. The molecule has 0 aromatic heterocycles. The normalized spacial score (nSPS) is 9.27. The highest BCUT2D eigenvalue weighted by atomic mass is 79.9. The zero-order chi connectivity index (χ0) is 8.43. The van der Waals surface area contributed by atoms with Crippen LogP contribution in [0.1, 0.15) is 16.7 Å². The highest BCUT2D eigenvalue weighted by Gasteiger charge is 1.98. The monoisotopic (exact) mass is 208 g/mol. The Kier molecular flexibility index (Phi) is 2.36. The molecule has 0 aliphatic carbocycles. The van der Waals surface area contributed by atoms with Gasteiger partial charge in [0.05, 0.1) is 0 Å². The molecule has 0 aliphatic rings. The van der Waals surface area contributed by atoms with Crippen LogP contribution in [0.4, 0.5) is 0 Å². The van der Waals surface area contributed by atoms with Gasteiger partial charge in [0, 0.05) is 10.0 Å². The van der Waals surface area contributed by atoms with E-state index in [0.717, 1.165) is 15.6 Å². The van der Waals surface area contributed by atoms with Crippen molar-refractivity contribution in [2.75, 3.05) is 0 Å². The number of hydrogen-bond acceptors (Lipinski definition) is 0. The fraction of sp³-hybridized carbons (Fsp3) is 0.200. The molecule has 1 rings (SSSR count). The Bertz CT molecular complexity index is 318. The second-order valence-corrected chi connectivity index (χ2v) is 3.41. The molecule has 0 saturated heterocycles. The molecule has 0 N–H and O–H groups in total. The highest BCUT2D eigenvalue weighted by molar-refractivity contribution is 9.10. The van der Waals surface area contributed by atoms with Gasteiger partial charge in [-0.25, -0.2) is 0 Å². The molecule has 0 heterocycles. The van der Waals surface area contributed by atoms with E-state index in [1.807, 2.05) is 26.0 Å². The van der Waals surface area contributed by atoms with E-state index in [1.54, 1.807) is 0 Å². The van der Waals surface area contributed by atoms with Crippen LogP contribution in [0.25, 0.3) is 0 Å². The van der Waals surface area contributed by atoms with Crippen LogP contribution in [0.15, 0.2) is 16.6 Å². The zero-order valence-electron chi connectivity index (χ0n) is 6.61. The third kappa shape index (κ3) is 1.64. The van der Waals surface area contributed by atoms with Crippen molar-refractivity contribution in [3.8, 4) is 12.3 Å². The fourth-order valence-electron chi connectivity index (χ4n) is 0.936. The van der Waals surface area contributed by atoms with Crippen LogP contribution in [0, 0.1) is 26.2 Å². The lowest BCUT2D eigenvalue weighted by Gasteiger charge is -2.02. The second-order valence-electron chi connectivity index (χ2n) is 2.56. The second kappa shape index (κ2) is 3.11. The number of hydrogen-bond donors (Lipinski definition) is 0. The number of aryl methyl sites for hydroxylation is 2. The number of rotatable bonds is 0. The largest absolute Gasteiger partial charge is 0.115 e. The standard InChI is InChI=1S/C10H9Br/c1-4-9-5-8(3)10(11)6-7(9)2/h1,5-6H,2-3H3. The molecule has 1 aromatic carbocycles. The van der Waals surface area contributed by atoms with Crippen LogP contribution in [-0.2, 0) is 0 Å². The van der Waals surface area contributed by atoms with Gasteiger partial charge in [0.15, 0.2) is 0 Å². The van der Waals surface area contributed by atoms with E-state index in [0.29, 0.717) is 0 Å². The van der Waals surface area contributed by atoms with Gasteiger partial charge in [-0.05, 0) is 37.1 Å². The maximum atomic E-state index is 5.30. The summed E-state index contributed by atoms with van der Waals surface area (Å²) in [7, 11) is 0. The van der Waals surface area contributed by atoms with E-state index in [4.69, 9.17) is 6.42 Å². The van der Waals surface area contributed by atoms with E-state index in [2.05, 4.69) is 21.9 Å². The smallest absolute Gasteiger partial charge is 0.0275 e. The van der Waals surface area contributed by atoms with Crippen LogP contribution in [0.3, 0.4) is 0 Å². The molecule has 0 fully saturated rings. The molecule has 0 spiro atoms. The topological polar surface area (TPSA) is 0 Å². The van der Waals surface area contributed by atoms with Gasteiger partial charge in [0.25, 0.3) is 0 Å². The number of halogens is 1. The summed E-state index contributed by atoms with van der Waals surface area (Å²) in [5.74, 6) is 2.64. The van der Waals surface area contributed by atoms with Crippen molar-refractivity contribution in [2.45, 2.75) is 13.8 Å². The Hall–Kier alpha value is -0.740. The molecule has 0 bridgehead atoms. The summed E-state index contributed by atoms with van der Waals surface area (Å²) in [4.78, 5) is 0. The molecule has 0 unspecified atom stereocenters. The SMILES string of the molecule is C#Cc1cc(C)c(Br)cc1C. The van der Waals surface area contributed by atoms with Crippen LogP contribution >= 0.6 is 15.9 Å². The minimum atomic E-state index is 0.978. The molecule has 0 nitrogen and oxygen atoms in total. The zero-order valence-corrected chi connectivity index (χ0v) is 8.20. The Balaban J connectivity index is 3.35. The molecular weight excluding hydrogens is 200 g/mol. The van der Waals surface area contributed by atoms with Crippen LogP contribution < -0.4 is 0 Å². The molecule has 0 saturated carbocycles. The molecule has 0 radical (unpaired) electrons. The van der Waals surface area contributed by atoms with E-state index in [1.165, 1.54) is 5.56 Å². The summed E-state index contributed by atoms with van der Waals surface area (Å²) in [6.45, 7) is 4.05. The van der Waals surface area contributed by atoms with Crippen LogP contribution in [0.5, 0.6) is 0 Å². The van der Waals surface area contributed by atoms with Gasteiger partial charge in [-0.3, -0.25) is 0 Å². The quantitative estimate of drug-likeness (QED) is 0.576. The molecule has 0 atom stereocenters. The molecule has 56 valence electrons. The molecule has 0 aliphatic heterocycles. The maximum absolute atomic E-state index is 5.30. The third-order valence-corrected chi connectivity index (χ3v) is 2.52. The van der Waals surface area contributed by atoms with Crippen LogP contribution in [0.2, 0.25) is 0 Å². The van der Waals surface area contributed by atoms with Crippen molar-refractivity contribution in [3.05, 3.63) is 33.3 Å². The Morgan fingerprint density at radius 1 is 1.27 bits per heavy atom. The molecule has 0 amide bonds. The Labute approximate surface area is 75.8 Å². The molecule has 1 heteroatoms. The van der Waals surface area contributed by atoms with Crippen molar-refractivity contribution in [3.63, 3.8) is 0 Å². The van der Waals surface area contributed by atoms with Gasteiger partial charge in [0.1, 0.15) is 0 Å². The number of terminal acetylenes is 1.